The highest BCUT2D eigenvalue weighted by molar-refractivity contribution is 9.10. The Balaban J connectivity index is 2.66. The molecule has 0 amide bonds. The zero-order valence-electron chi connectivity index (χ0n) is 11.4. The molecule has 0 spiro atoms. The molecule has 0 atom stereocenters. The lowest BCUT2D eigenvalue weighted by Crippen LogP contribution is -2.20. The number of hydrogen-bond donors (Lipinski definition) is 1. The van der Waals surface area contributed by atoms with Crippen molar-refractivity contribution in [3.05, 3.63) is 27.7 Å². The van der Waals surface area contributed by atoms with Crippen molar-refractivity contribution in [2.24, 2.45) is 11.1 Å². The van der Waals surface area contributed by atoms with E-state index in [1.54, 1.807) is 18.2 Å². The van der Waals surface area contributed by atoms with E-state index in [0.717, 1.165) is 0 Å². The molecule has 21 heavy (non-hydrogen) atoms. The number of nitrogens with zero attached hydrogens (tertiary/aromatic N) is 3. The number of sulfonamides is 1. The molecule has 2 N–H and O–H groups in total. The second kappa shape index (κ2) is 6.04. The number of nitrogens with two attached hydrogens (primary N) is 1. The van der Waals surface area contributed by atoms with E-state index in [1.165, 1.54) is 4.57 Å². The fourth-order valence-corrected chi connectivity index (χ4v) is 3.38. The van der Waals surface area contributed by atoms with Crippen LogP contribution in [-0.2, 0) is 16.6 Å². The monoisotopic (exact) mass is 392 g/mol. The van der Waals surface area contributed by atoms with Crippen LogP contribution in [0, 0.1) is 5.92 Å². The largest absolute Gasteiger partial charge is 0.296 e. The number of primary sulfonamides is 1. The van der Waals surface area contributed by atoms with Crippen LogP contribution in [-0.4, -0.2) is 23.2 Å². The van der Waals surface area contributed by atoms with Gasteiger partial charge < -0.3 is 0 Å². The van der Waals surface area contributed by atoms with Crippen molar-refractivity contribution in [1.82, 2.24) is 14.8 Å². The molecule has 2 rings (SSSR count). The number of benzene rings is 1. The molecule has 6 nitrogen and oxygen atoms in total. The van der Waals surface area contributed by atoms with Gasteiger partial charge in [-0.25, -0.2) is 13.6 Å². The van der Waals surface area contributed by atoms with E-state index in [-0.39, 0.29) is 11.1 Å². The van der Waals surface area contributed by atoms with Gasteiger partial charge in [-0.2, -0.15) is 0 Å². The van der Waals surface area contributed by atoms with Crippen LogP contribution in [0.4, 0.5) is 0 Å². The number of aromatic nitrogens is 3. The Morgan fingerprint density at radius 3 is 2.57 bits per heavy atom. The maximum absolute atomic E-state index is 11.6. The smallest absolute Gasteiger partial charge is 0.273 e. The average molecular weight is 394 g/mol. The standard InChI is InChI=1S/C12H14BrClN4O2S/c1-7(2)6-18-11(16-17-12(18)21(15,19)20)9-4-3-8(14)5-10(9)13/h3-5,7H,6H2,1-2H3,(H2,15,19,20). The lowest BCUT2D eigenvalue weighted by Gasteiger charge is -2.12. The molecule has 9 heteroatoms. The molecule has 1 aromatic heterocycles. The molecule has 0 saturated carbocycles. The summed E-state index contributed by atoms with van der Waals surface area (Å²) in [5, 5.41) is 13.2. The molecule has 0 unspecified atom stereocenters. The fourth-order valence-electron chi connectivity index (χ4n) is 1.90. The van der Waals surface area contributed by atoms with Crippen molar-refractivity contribution in [3.63, 3.8) is 0 Å². The molecule has 0 radical (unpaired) electrons. The minimum atomic E-state index is -3.94. The van der Waals surface area contributed by atoms with Crippen LogP contribution in [0.2, 0.25) is 5.02 Å². The van der Waals surface area contributed by atoms with E-state index < -0.39 is 10.0 Å². The first kappa shape index (κ1) is 16.4. The molecule has 0 saturated heterocycles. The van der Waals surface area contributed by atoms with Crippen LogP contribution in [0.1, 0.15) is 13.8 Å². The van der Waals surface area contributed by atoms with E-state index in [0.29, 0.717) is 27.4 Å². The molecule has 0 bridgehead atoms. The summed E-state index contributed by atoms with van der Waals surface area (Å²) in [5.41, 5.74) is 0.697. The summed E-state index contributed by atoms with van der Waals surface area (Å²) in [6.07, 6.45) is 0. The molecule has 0 fully saturated rings. The molecular weight excluding hydrogens is 380 g/mol. The van der Waals surface area contributed by atoms with Crippen LogP contribution in [0.5, 0.6) is 0 Å². The van der Waals surface area contributed by atoms with Crippen LogP contribution in [0.25, 0.3) is 11.4 Å². The Morgan fingerprint density at radius 2 is 2.05 bits per heavy atom. The molecular formula is C12H14BrClN4O2S. The summed E-state index contributed by atoms with van der Waals surface area (Å²) in [6, 6.07) is 5.16. The molecule has 0 aliphatic carbocycles. The highest BCUT2D eigenvalue weighted by Gasteiger charge is 2.23. The summed E-state index contributed by atoms with van der Waals surface area (Å²) >= 11 is 9.32. The Bertz CT molecular complexity index is 774. The van der Waals surface area contributed by atoms with Gasteiger partial charge in [0.25, 0.3) is 15.2 Å². The van der Waals surface area contributed by atoms with E-state index >= 15 is 0 Å². The van der Waals surface area contributed by atoms with Gasteiger partial charge >= 0.3 is 0 Å². The molecule has 1 heterocycles. The Morgan fingerprint density at radius 1 is 1.38 bits per heavy atom. The van der Waals surface area contributed by atoms with Gasteiger partial charge in [0.2, 0.25) is 0 Å². The zero-order valence-corrected chi connectivity index (χ0v) is 14.6. The summed E-state index contributed by atoms with van der Waals surface area (Å²) < 4.78 is 25.5. The summed E-state index contributed by atoms with van der Waals surface area (Å²) in [5.74, 6) is 0.627. The minimum absolute atomic E-state index is 0.200. The first-order valence-corrected chi connectivity index (χ1v) is 8.83. The normalized spacial score (nSPS) is 12.1. The second-order valence-electron chi connectivity index (χ2n) is 4.98. The van der Waals surface area contributed by atoms with Crippen molar-refractivity contribution in [2.45, 2.75) is 25.5 Å². The lowest BCUT2D eigenvalue weighted by molar-refractivity contribution is 0.486. The first-order chi connectivity index (χ1) is 9.70. The lowest BCUT2D eigenvalue weighted by atomic mass is 10.2. The summed E-state index contributed by atoms with van der Waals surface area (Å²) in [4.78, 5) is 0. The van der Waals surface area contributed by atoms with Crippen molar-refractivity contribution < 1.29 is 8.42 Å². The van der Waals surface area contributed by atoms with Crippen molar-refractivity contribution >= 4 is 37.6 Å². The molecule has 2 aromatic rings. The van der Waals surface area contributed by atoms with Gasteiger partial charge in [-0.3, -0.25) is 4.57 Å². The topological polar surface area (TPSA) is 90.9 Å². The maximum atomic E-state index is 11.6. The van der Waals surface area contributed by atoms with Crippen LogP contribution >= 0.6 is 27.5 Å². The van der Waals surface area contributed by atoms with Gasteiger partial charge in [0, 0.05) is 21.6 Å². The van der Waals surface area contributed by atoms with E-state index in [4.69, 9.17) is 16.7 Å². The third-order valence-electron chi connectivity index (χ3n) is 2.69. The molecule has 114 valence electrons. The Labute approximate surface area is 136 Å². The first-order valence-electron chi connectivity index (χ1n) is 6.11. The third kappa shape index (κ3) is 3.63. The molecule has 0 aliphatic rings. The van der Waals surface area contributed by atoms with Crippen molar-refractivity contribution in [3.8, 4) is 11.4 Å². The highest BCUT2D eigenvalue weighted by Crippen LogP contribution is 2.30. The van der Waals surface area contributed by atoms with Gasteiger partial charge in [-0.05, 0) is 40.0 Å². The van der Waals surface area contributed by atoms with E-state index in [2.05, 4.69) is 26.1 Å². The summed E-state index contributed by atoms with van der Waals surface area (Å²) in [7, 11) is -3.94. The van der Waals surface area contributed by atoms with Crippen molar-refractivity contribution in [2.75, 3.05) is 0 Å². The van der Waals surface area contributed by atoms with Crippen LogP contribution in [0.3, 0.4) is 0 Å². The van der Waals surface area contributed by atoms with Crippen LogP contribution < -0.4 is 5.14 Å². The van der Waals surface area contributed by atoms with Crippen molar-refractivity contribution in [1.29, 1.82) is 0 Å². The van der Waals surface area contributed by atoms with Gasteiger partial charge in [0.05, 0.1) is 0 Å². The predicted octanol–water partition coefficient (Wildman–Crippen LogP) is 2.66. The summed E-state index contributed by atoms with van der Waals surface area (Å²) in [6.45, 7) is 4.37. The predicted molar refractivity (Wildman–Crippen MR) is 84.4 cm³/mol. The minimum Gasteiger partial charge on any atom is -0.296 e. The number of halogens is 2. The third-order valence-corrected chi connectivity index (χ3v) is 4.39. The average Bonchev–Trinajstić information content (AvgIpc) is 2.71. The SMILES string of the molecule is CC(C)Cn1c(-c2ccc(Cl)cc2Br)nnc1S(N)(=O)=O. The number of hydrogen-bond acceptors (Lipinski definition) is 4. The quantitative estimate of drug-likeness (QED) is 0.864. The zero-order chi connectivity index (χ0) is 15.8. The van der Waals surface area contributed by atoms with Gasteiger partial charge in [-0.15, -0.1) is 10.2 Å². The van der Waals surface area contributed by atoms with E-state index in [1.807, 2.05) is 13.8 Å². The van der Waals surface area contributed by atoms with Gasteiger partial charge in [0.15, 0.2) is 5.82 Å². The van der Waals surface area contributed by atoms with E-state index in [9.17, 15) is 8.42 Å². The second-order valence-corrected chi connectivity index (χ2v) is 7.73. The maximum Gasteiger partial charge on any atom is 0.273 e. The van der Waals surface area contributed by atoms with Gasteiger partial charge in [0.1, 0.15) is 0 Å². The van der Waals surface area contributed by atoms with Gasteiger partial charge in [-0.1, -0.05) is 25.4 Å². The molecule has 0 aliphatic heterocycles. The number of rotatable bonds is 4. The Hall–Kier alpha value is -0.960. The van der Waals surface area contributed by atoms with Crippen LogP contribution in [0.15, 0.2) is 27.8 Å². The fraction of sp³-hybridized carbons (Fsp3) is 0.333. The Kier molecular flexibility index (Phi) is 4.72. The highest BCUT2D eigenvalue weighted by atomic mass is 79.9. The molecule has 1 aromatic carbocycles.